The molecular weight excluding hydrogens is 524 g/mol. The van der Waals surface area contributed by atoms with Crippen molar-refractivity contribution in [1.29, 1.82) is 0 Å². The monoisotopic (exact) mass is 563 g/mol. The average Bonchev–Trinajstić information content (AvgIpc) is 2.91. The van der Waals surface area contributed by atoms with Crippen LogP contribution in [0.4, 0.5) is 14.5 Å². The third-order valence-corrected chi connectivity index (χ3v) is 8.36. The Morgan fingerprint density at radius 3 is 2.31 bits per heavy atom. The predicted molar refractivity (Wildman–Crippen MR) is 149 cm³/mol. The van der Waals surface area contributed by atoms with Crippen LogP contribution in [0.2, 0.25) is 0 Å². The van der Waals surface area contributed by atoms with E-state index in [1.54, 1.807) is 4.90 Å². The summed E-state index contributed by atoms with van der Waals surface area (Å²) in [5.74, 6) is -2.65. The number of carbonyl (C=O) groups is 2. The second kappa shape index (κ2) is 14.4. The Bertz CT molecular complexity index is 1200. The summed E-state index contributed by atoms with van der Waals surface area (Å²) in [6.07, 6.45) is 7.33. The quantitative estimate of drug-likeness (QED) is 0.379. The Morgan fingerprint density at radius 1 is 1.00 bits per heavy atom. The van der Waals surface area contributed by atoms with Gasteiger partial charge in [0.15, 0.2) is 11.6 Å². The van der Waals surface area contributed by atoms with Crippen molar-refractivity contribution in [2.75, 3.05) is 23.7 Å². The topological polar surface area (TPSA) is 86.8 Å². The van der Waals surface area contributed by atoms with E-state index >= 15 is 0 Å². The number of benzene rings is 2. The van der Waals surface area contributed by atoms with Gasteiger partial charge in [-0.15, -0.1) is 0 Å². The highest BCUT2D eigenvalue weighted by Crippen LogP contribution is 2.22. The number of carbonyl (C=O) groups excluding carboxylic acids is 2. The molecule has 0 unspecified atom stereocenters. The van der Waals surface area contributed by atoms with E-state index in [4.69, 9.17) is 0 Å². The van der Waals surface area contributed by atoms with E-state index in [9.17, 15) is 26.8 Å². The molecule has 0 aliphatic heterocycles. The van der Waals surface area contributed by atoms with E-state index in [-0.39, 0.29) is 42.9 Å². The lowest BCUT2D eigenvalue weighted by Gasteiger charge is -2.33. The Hall–Kier alpha value is -3.01. The van der Waals surface area contributed by atoms with E-state index in [0.29, 0.717) is 19.4 Å². The fraction of sp³-hybridized carbons (Fsp3) is 0.517. The summed E-state index contributed by atoms with van der Waals surface area (Å²) in [4.78, 5) is 28.4. The highest BCUT2D eigenvalue weighted by atomic mass is 32.2. The standard InChI is InChI=1S/C29H39F2N3O4S/c1-3-27(29(36)32-23-13-8-5-9-14-23)33(20-18-22-11-6-4-7-12-22)28(35)15-10-19-34(39(2,37)38)24-16-17-25(30)26(31)21-24/h4,6-7,11-12,16-17,21,23,27H,3,5,8-10,13-15,18-20H2,1-2H3,(H,32,36)/t27-/m1/s1. The largest absolute Gasteiger partial charge is 0.352 e. The van der Waals surface area contributed by atoms with E-state index in [2.05, 4.69) is 5.32 Å². The van der Waals surface area contributed by atoms with Crippen LogP contribution in [-0.4, -0.2) is 56.6 Å². The molecule has 2 amide bonds. The van der Waals surface area contributed by atoms with Gasteiger partial charge in [0, 0.05) is 31.6 Å². The van der Waals surface area contributed by atoms with Crippen molar-refractivity contribution in [3.63, 3.8) is 0 Å². The zero-order valence-corrected chi connectivity index (χ0v) is 23.6. The lowest BCUT2D eigenvalue weighted by Crippen LogP contribution is -2.52. The first-order valence-corrected chi connectivity index (χ1v) is 15.5. The smallest absolute Gasteiger partial charge is 0.243 e. The number of hydrogen-bond donors (Lipinski definition) is 1. The summed E-state index contributed by atoms with van der Waals surface area (Å²) in [6.45, 7) is 2.13. The molecule has 0 radical (unpaired) electrons. The molecule has 1 aliphatic carbocycles. The number of nitrogens with zero attached hydrogens (tertiary/aromatic N) is 2. The molecule has 0 bridgehead atoms. The molecule has 1 saturated carbocycles. The molecule has 1 aliphatic rings. The fourth-order valence-corrected chi connectivity index (χ4v) is 6.04. The van der Waals surface area contributed by atoms with Gasteiger partial charge in [-0.1, -0.05) is 56.5 Å². The Labute approximate surface area is 230 Å². The minimum absolute atomic E-state index is 0.00229. The number of anilines is 1. The highest BCUT2D eigenvalue weighted by molar-refractivity contribution is 7.92. The summed E-state index contributed by atoms with van der Waals surface area (Å²) < 4.78 is 52.9. The molecule has 3 rings (SSSR count). The molecule has 0 aromatic heterocycles. The molecule has 2 aromatic rings. The summed E-state index contributed by atoms with van der Waals surface area (Å²) in [6, 6.07) is 12.1. The van der Waals surface area contributed by atoms with Crippen molar-refractivity contribution >= 4 is 27.5 Å². The van der Waals surface area contributed by atoms with Crippen molar-refractivity contribution in [2.45, 2.75) is 76.8 Å². The molecule has 1 atom stereocenters. The zero-order chi connectivity index (χ0) is 28.4. The minimum atomic E-state index is -3.81. The van der Waals surface area contributed by atoms with Gasteiger partial charge in [0.25, 0.3) is 0 Å². The first-order valence-electron chi connectivity index (χ1n) is 13.7. The molecule has 1 N–H and O–H groups in total. The fourth-order valence-electron chi connectivity index (χ4n) is 5.08. The Kier molecular flexibility index (Phi) is 11.3. The van der Waals surface area contributed by atoms with Crippen LogP contribution < -0.4 is 9.62 Å². The maximum atomic E-state index is 13.8. The van der Waals surface area contributed by atoms with Crippen molar-refractivity contribution in [3.8, 4) is 0 Å². The number of hydrogen-bond acceptors (Lipinski definition) is 4. The number of sulfonamides is 1. The average molecular weight is 564 g/mol. The molecule has 1 fully saturated rings. The third kappa shape index (κ3) is 9.02. The number of nitrogens with one attached hydrogen (secondary N) is 1. The van der Waals surface area contributed by atoms with Gasteiger partial charge in [0.05, 0.1) is 11.9 Å². The Balaban J connectivity index is 1.72. The van der Waals surface area contributed by atoms with Gasteiger partial charge < -0.3 is 10.2 Å². The van der Waals surface area contributed by atoms with Gasteiger partial charge >= 0.3 is 0 Å². The normalized spacial score (nSPS) is 15.0. The third-order valence-electron chi connectivity index (χ3n) is 7.17. The maximum Gasteiger partial charge on any atom is 0.243 e. The van der Waals surface area contributed by atoms with Crippen LogP contribution in [-0.2, 0) is 26.0 Å². The van der Waals surface area contributed by atoms with Crippen molar-refractivity contribution in [1.82, 2.24) is 10.2 Å². The van der Waals surface area contributed by atoms with Crippen molar-refractivity contribution in [2.24, 2.45) is 0 Å². The van der Waals surface area contributed by atoms with Crippen LogP contribution in [0.3, 0.4) is 0 Å². The summed E-state index contributed by atoms with van der Waals surface area (Å²) in [5.41, 5.74) is 1.03. The van der Waals surface area contributed by atoms with Crippen LogP contribution in [0.25, 0.3) is 0 Å². The molecule has 0 saturated heterocycles. The highest BCUT2D eigenvalue weighted by Gasteiger charge is 2.30. The van der Waals surface area contributed by atoms with E-state index in [0.717, 1.165) is 53.9 Å². The molecule has 214 valence electrons. The number of amides is 2. The number of rotatable bonds is 13. The van der Waals surface area contributed by atoms with Crippen molar-refractivity contribution in [3.05, 3.63) is 65.7 Å². The minimum Gasteiger partial charge on any atom is -0.352 e. The Morgan fingerprint density at radius 2 is 1.69 bits per heavy atom. The SMILES string of the molecule is CC[C@H](C(=O)NC1CCCCC1)N(CCc1ccccc1)C(=O)CCCN(c1ccc(F)c(F)c1)S(C)(=O)=O. The number of halogens is 2. The predicted octanol–water partition coefficient (Wildman–Crippen LogP) is 4.81. The molecule has 0 heterocycles. The van der Waals surface area contributed by atoms with Crippen LogP contribution in [0.5, 0.6) is 0 Å². The molecule has 39 heavy (non-hydrogen) atoms. The van der Waals surface area contributed by atoms with E-state index < -0.39 is 27.7 Å². The van der Waals surface area contributed by atoms with Gasteiger partial charge in [0.1, 0.15) is 6.04 Å². The lowest BCUT2D eigenvalue weighted by molar-refractivity contribution is -0.141. The van der Waals surface area contributed by atoms with Gasteiger partial charge in [-0.05, 0) is 49.8 Å². The second-order valence-electron chi connectivity index (χ2n) is 10.1. The maximum absolute atomic E-state index is 13.8. The summed E-state index contributed by atoms with van der Waals surface area (Å²) in [7, 11) is -3.81. The van der Waals surface area contributed by atoms with E-state index in [1.165, 1.54) is 12.5 Å². The zero-order valence-electron chi connectivity index (χ0n) is 22.7. The van der Waals surface area contributed by atoms with Gasteiger partial charge in [-0.2, -0.15) is 0 Å². The van der Waals surface area contributed by atoms with Crippen LogP contribution in [0.1, 0.15) is 63.9 Å². The van der Waals surface area contributed by atoms with Gasteiger partial charge in [-0.3, -0.25) is 13.9 Å². The van der Waals surface area contributed by atoms with Gasteiger partial charge in [0.2, 0.25) is 21.8 Å². The molecule has 7 nitrogen and oxygen atoms in total. The first kappa shape index (κ1) is 30.5. The van der Waals surface area contributed by atoms with Crippen molar-refractivity contribution < 1.29 is 26.8 Å². The van der Waals surface area contributed by atoms with Crippen LogP contribution in [0, 0.1) is 11.6 Å². The first-order chi connectivity index (χ1) is 18.6. The summed E-state index contributed by atoms with van der Waals surface area (Å²) >= 11 is 0. The molecule has 0 spiro atoms. The molecule has 10 heteroatoms. The second-order valence-corrected chi connectivity index (χ2v) is 12.0. The van der Waals surface area contributed by atoms with Crippen LogP contribution in [0.15, 0.2) is 48.5 Å². The lowest BCUT2D eigenvalue weighted by atomic mass is 9.95. The van der Waals surface area contributed by atoms with E-state index in [1.807, 2.05) is 37.3 Å². The van der Waals surface area contributed by atoms with Crippen LogP contribution >= 0.6 is 0 Å². The summed E-state index contributed by atoms with van der Waals surface area (Å²) in [5, 5.41) is 3.14. The van der Waals surface area contributed by atoms with Gasteiger partial charge in [-0.25, -0.2) is 17.2 Å². The molecular formula is C29H39F2N3O4S. The molecule has 2 aromatic carbocycles.